The lowest BCUT2D eigenvalue weighted by atomic mass is 10.1. The van der Waals surface area contributed by atoms with Gasteiger partial charge >= 0.3 is 0 Å². The summed E-state index contributed by atoms with van der Waals surface area (Å²) in [5.74, 6) is 0.233. The maximum Gasteiger partial charge on any atom is 0.175 e. The first-order valence-electron chi connectivity index (χ1n) is 10.6. The molecule has 1 atom stereocenters. The fourth-order valence-corrected chi connectivity index (χ4v) is 3.16. The predicted molar refractivity (Wildman–Crippen MR) is 147 cm³/mol. The van der Waals surface area contributed by atoms with Gasteiger partial charge in [-0.2, -0.15) is 0 Å². The predicted octanol–water partition coefficient (Wildman–Crippen LogP) is 6.64. The molecule has 1 unspecified atom stereocenters. The molecule has 0 aliphatic heterocycles. The highest BCUT2D eigenvalue weighted by molar-refractivity contribution is 7.90. The van der Waals surface area contributed by atoms with Crippen LogP contribution in [0.4, 0.5) is 10.1 Å². The maximum atomic E-state index is 13.1. The second-order valence-electron chi connectivity index (χ2n) is 6.47. The van der Waals surface area contributed by atoms with Gasteiger partial charge in [0, 0.05) is 30.1 Å². The first-order chi connectivity index (χ1) is 16.1. The van der Waals surface area contributed by atoms with E-state index < -0.39 is 9.84 Å². The zero-order chi connectivity index (χ0) is 26.7. The molecule has 2 N–H and O–H groups in total. The van der Waals surface area contributed by atoms with Crippen molar-refractivity contribution < 1.29 is 12.8 Å². The topological polar surface area (TPSA) is 63.4 Å². The van der Waals surface area contributed by atoms with E-state index in [2.05, 4.69) is 19.4 Å². The van der Waals surface area contributed by atoms with Crippen LogP contribution in [0.15, 0.2) is 84.4 Å². The first-order valence-corrected chi connectivity index (χ1v) is 13.0. The highest BCUT2D eigenvalue weighted by atomic mass is 35.5. The molecule has 0 heterocycles. The largest absolute Gasteiger partial charge is 0.397 e. The Hall–Kier alpha value is -3.01. The molecule has 0 aliphatic carbocycles. The summed E-state index contributed by atoms with van der Waals surface area (Å²) >= 11 is 5.07. The Morgan fingerprint density at radius 1 is 1.15 bits per heavy atom. The van der Waals surface area contributed by atoms with Crippen LogP contribution >= 0.6 is 11.6 Å². The van der Waals surface area contributed by atoms with E-state index in [1.165, 1.54) is 18.4 Å². The minimum absolute atomic E-state index is 0.0110. The second-order valence-corrected chi connectivity index (χ2v) is 8.80. The van der Waals surface area contributed by atoms with Gasteiger partial charge in [-0.25, -0.2) is 12.8 Å². The van der Waals surface area contributed by atoms with E-state index in [1.54, 1.807) is 48.7 Å². The zero-order valence-corrected chi connectivity index (χ0v) is 22.2. The summed E-state index contributed by atoms with van der Waals surface area (Å²) in [5, 5.41) is 0. The van der Waals surface area contributed by atoms with Crippen molar-refractivity contribution in [2.75, 3.05) is 17.0 Å². The fourth-order valence-electron chi connectivity index (χ4n) is 2.53. The van der Waals surface area contributed by atoms with Crippen molar-refractivity contribution in [3.8, 4) is 12.8 Å². The molecule has 0 radical (unpaired) electrons. The third-order valence-electron chi connectivity index (χ3n) is 4.04. The van der Waals surface area contributed by atoms with Crippen LogP contribution in [-0.2, 0) is 9.84 Å². The Morgan fingerprint density at radius 2 is 1.62 bits per heavy atom. The number of nitrogens with zero attached hydrogens (tertiary/aromatic N) is 1. The van der Waals surface area contributed by atoms with Gasteiger partial charge in [-0.15, -0.1) is 31.0 Å². The number of allylic oxidation sites excluding steroid dienone is 2. The molecule has 4 nitrogen and oxygen atoms in total. The number of anilines is 1. The second kappa shape index (κ2) is 18.4. The summed E-state index contributed by atoms with van der Waals surface area (Å²) < 4.78 is 36.4. The van der Waals surface area contributed by atoms with Gasteiger partial charge in [0.05, 0.1) is 10.6 Å². The van der Waals surface area contributed by atoms with E-state index in [-0.39, 0.29) is 16.8 Å². The van der Waals surface area contributed by atoms with Crippen LogP contribution in [-0.4, -0.2) is 26.6 Å². The molecule has 2 aromatic rings. The van der Waals surface area contributed by atoms with Crippen molar-refractivity contribution in [2.45, 2.75) is 38.6 Å². The van der Waals surface area contributed by atoms with Gasteiger partial charge in [-0.3, -0.25) is 0 Å². The number of nitrogens with two attached hydrogens (primary N) is 1. The Bertz CT molecular complexity index is 1010. The van der Waals surface area contributed by atoms with Gasteiger partial charge in [0.25, 0.3) is 0 Å². The lowest BCUT2D eigenvalue weighted by Gasteiger charge is -2.27. The molecule has 0 saturated carbocycles. The van der Waals surface area contributed by atoms with E-state index in [0.29, 0.717) is 17.1 Å². The number of halogens is 2. The number of rotatable bonds is 7. The fraction of sp³-hybridized carbons (Fsp3) is 0.259. The van der Waals surface area contributed by atoms with Crippen LogP contribution in [0.5, 0.6) is 0 Å². The Morgan fingerprint density at radius 3 is 2.00 bits per heavy atom. The van der Waals surface area contributed by atoms with Crippen molar-refractivity contribution >= 4 is 32.8 Å². The molecule has 0 aromatic heterocycles. The number of hydrogen-bond acceptors (Lipinski definition) is 4. The zero-order valence-electron chi connectivity index (χ0n) is 20.6. The third kappa shape index (κ3) is 12.3. The third-order valence-corrected chi connectivity index (χ3v) is 5.38. The minimum Gasteiger partial charge on any atom is -0.397 e. The summed E-state index contributed by atoms with van der Waals surface area (Å²) in [7, 11) is -3.25. The number of terminal acetylenes is 1. The molecule has 186 valence electrons. The van der Waals surface area contributed by atoms with Crippen molar-refractivity contribution in [1.29, 1.82) is 0 Å². The molecule has 2 rings (SSSR count). The van der Waals surface area contributed by atoms with E-state index in [9.17, 15) is 12.8 Å². The van der Waals surface area contributed by atoms with Gasteiger partial charge in [0.1, 0.15) is 5.82 Å². The molecule has 0 fully saturated rings. The Labute approximate surface area is 210 Å². The minimum atomic E-state index is -3.25. The molecular formula is C27H36ClFN2O2S. The lowest BCUT2D eigenvalue weighted by Crippen LogP contribution is -2.27. The van der Waals surface area contributed by atoms with Crippen molar-refractivity contribution in [1.82, 2.24) is 0 Å². The standard InChI is InChI=1S/C20H23FN2O2S.C3H5Cl.C2H6.C2H2/c1-4-5-15(2)23(14-20(22)16-6-8-17(21)9-7-16)18-10-12-19(13-11-18)26(3,24)25;1-2-3-4;2*1-2/h4-15H,22H2,1-3H3;2H,1,3H2;1-2H3;1-2H/b5-4+,20-14-;;;. The number of sulfone groups is 1. The Kier molecular flexibility index (Phi) is 18.0. The van der Waals surface area contributed by atoms with E-state index in [0.717, 1.165) is 5.69 Å². The van der Waals surface area contributed by atoms with Gasteiger partial charge in [0.2, 0.25) is 0 Å². The summed E-state index contributed by atoms with van der Waals surface area (Å²) in [6.07, 6.45) is 16.5. The molecule has 0 aliphatic rings. The molecule has 7 heteroatoms. The van der Waals surface area contributed by atoms with Gasteiger partial charge < -0.3 is 10.6 Å². The molecule has 0 spiro atoms. The highest BCUT2D eigenvalue weighted by Crippen LogP contribution is 2.23. The average molecular weight is 507 g/mol. The molecule has 0 amide bonds. The van der Waals surface area contributed by atoms with Crippen LogP contribution < -0.4 is 10.6 Å². The van der Waals surface area contributed by atoms with Crippen LogP contribution in [0, 0.1) is 18.7 Å². The number of hydrogen-bond donors (Lipinski definition) is 1. The van der Waals surface area contributed by atoms with Crippen LogP contribution in [0.3, 0.4) is 0 Å². The lowest BCUT2D eigenvalue weighted by molar-refractivity contribution is 0.602. The van der Waals surface area contributed by atoms with Gasteiger partial charge in [-0.1, -0.05) is 32.1 Å². The van der Waals surface area contributed by atoms with Crippen LogP contribution in [0.1, 0.15) is 33.3 Å². The summed E-state index contributed by atoms with van der Waals surface area (Å²) in [6, 6.07) is 12.6. The van der Waals surface area contributed by atoms with E-state index >= 15 is 0 Å². The highest BCUT2D eigenvalue weighted by Gasteiger charge is 2.13. The van der Waals surface area contributed by atoms with Crippen LogP contribution in [0.2, 0.25) is 0 Å². The smallest absolute Gasteiger partial charge is 0.175 e. The van der Waals surface area contributed by atoms with E-state index in [1.807, 2.05) is 44.7 Å². The molecule has 0 bridgehead atoms. The van der Waals surface area contributed by atoms with E-state index in [4.69, 9.17) is 17.3 Å². The first kappa shape index (κ1) is 33.2. The number of alkyl halides is 1. The Balaban J connectivity index is 0. The molecule has 0 saturated heterocycles. The maximum absolute atomic E-state index is 13.1. The summed E-state index contributed by atoms with van der Waals surface area (Å²) in [6.45, 7) is 11.3. The van der Waals surface area contributed by atoms with Crippen LogP contribution in [0.25, 0.3) is 5.70 Å². The average Bonchev–Trinajstić information content (AvgIpc) is 2.85. The summed E-state index contributed by atoms with van der Waals surface area (Å²) in [4.78, 5) is 2.19. The van der Waals surface area contributed by atoms with Crippen molar-refractivity contribution in [2.24, 2.45) is 5.73 Å². The normalized spacial score (nSPS) is 11.5. The van der Waals surface area contributed by atoms with Gasteiger partial charge in [-0.05, 0) is 67.9 Å². The molecule has 2 aromatic carbocycles. The number of benzene rings is 2. The molecule has 34 heavy (non-hydrogen) atoms. The van der Waals surface area contributed by atoms with Gasteiger partial charge in [0.15, 0.2) is 9.84 Å². The SMILES string of the molecule is C#C.C/C=C/C(C)N(/C=C(\N)c1ccc(F)cc1)c1ccc(S(C)(=O)=O)cc1.C=CCCl.CC. The van der Waals surface area contributed by atoms with Crippen molar-refractivity contribution in [3.63, 3.8) is 0 Å². The summed E-state index contributed by atoms with van der Waals surface area (Å²) in [5.41, 5.74) is 8.18. The monoisotopic (exact) mass is 506 g/mol. The van der Waals surface area contributed by atoms with Crippen molar-refractivity contribution in [3.05, 3.63) is 90.9 Å². The quantitative estimate of drug-likeness (QED) is 0.259. The molecular weight excluding hydrogens is 471 g/mol.